The summed E-state index contributed by atoms with van der Waals surface area (Å²) in [5.74, 6) is 0. The fraction of sp³-hybridized carbons (Fsp3) is 0.615. The van der Waals surface area contributed by atoms with Crippen LogP contribution in [-0.2, 0) is 33.0 Å². The zero-order chi connectivity index (χ0) is 24.7. The summed E-state index contributed by atoms with van der Waals surface area (Å²) in [4.78, 5) is 0. The van der Waals surface area contributed by atoms with Gasteiger partial charge in [-0.05, 0) is 20.6 Å². The molecule has 2 rings (SSSR count). The Bertz CT molecular complexity index is 611. The van der Waals surface area contributed by atoms with E-state index in [0.717, 1.165) is 0 Å². The molecule has 191 valence electrons. The fourth-order valence-electron chi connectivity index (χ4n) is 4.59. The van der Waals surface area contributed by atoms with Crippen molar-refractivity contribution in [2.75, 3.05) is 0 Å². The van der Waals surface area contributed by atoms with Crippen molar-refractivity contribution in [3.63, 3.8) is 0 Å². The predicted octanol–water partition coefficient (Wildman–Crippen LogP) is 9.59. The second-order valence-corrected chi connectivity index (χ2v) is 21.8. The Morgan fingerprint density at radius 2 is 0.812 bits per heavy atom. The quantitative estimate of drug-likeness (QED) is 0.172. The molecule has 2 aromatic carbocycles. The van der Waals surface area contributed by atoms with Gasteiger partial charge in [0.2, 0.25) is 0 Å². The van der Waals surface area contributed by atoms with E-state index in [1.165, 1.54) is 0 Å². The van der Waals surface area contributed by atoms with Crippen molar-refractivity contribution in [3.05, 3.63) is 48.5 Å². The molecule has 0 aliphatic heterocycles. The van der Waals surface area contributed by atoms with Crippen LogP contribution in [0.2, 0.25) is 0 Å². The Hall–Kier alpha value is 1.32. The minimum absolute atomic E-state index is 0. The summed E-state index contributed by atoms with van der Waals surface area (Å²) in [6.07, 6.45) is 0. The summed E-state index contributed by atoms with van der Waals surface area (Å²) >= 11 is -0.106. The largest absolute Gasteiger partial charge is 2.00 e. The molecule has 0 atom stereocenters. The van der Waals surface area contributed by atoms with Gasteiger partial charge in [-0.15, -0.1) is 10.6 Å². The maximum absolute atomic E-state index is 4.81. The van der Waals surface area contributed by atoms with E-state index < -0.39 is 0 Å². The molecular weight excluding hydrogens is 607 g/mol. The second-order valence-electron chi connectivity index (χ2n) is 11.7. The molecule has 0 N–H and O–H groups in total. The van der Waals surface area contributed by atoms with Gasteiger partial charge in [-0.2, -0.15) is 24.3 Å². The summed E-state index contributed by atoms with van der Waals surface area (Å²) in [5, 5.41) is 4.65. The van der Waals surface area contributed by atoms with E-state index in [1.54, 1.807) is 10.6 Å². The molecule has 2 aromatic rings. The molecule has 0 amide bonds. The molecule has 32 heavy (non-hydrogen) atoms. The van der Waals surface area contributed by atoms with E-state index in [2.05, 4.69) is 132 Å². The molecule has 0 radical (unpaired) electrons. The summed E-state index contributed by atoms with van der Waals surface area (Å²) in [6, 6.07) is 17.7. The zero-order valence-electron chi connectivity index (χ0n) is 21.9. The third-order valence-electron chi connectivity index (χ3n) is 4.49. The van der Waals surface area contributed by atoms with Gasteiger partial charge in [-0.3, -0.25) is 0 Å². The molecule has 0 unspecified atom stereocenters. The van der Waals surface area contributed by atoms with E-state index in [4.69, 9.17) is 19.1 Å². The Morgan fingerprint density at radius 3 is 0.938 bits per heavy atom. The molecule has 0 heterocycles. The smallest absolute Gasteiger partial charge is 2.00 e. The molecular formula is C26H44Cl2FeP2Pd-. The van der Waals surface area contributed by atoms with Crippen LogP contribution in [0.15, 0.2) is 48.5 Å². The van der Waals surface area contributed by atoms with Crippen molar-refractivity contribution in [3.8, 4) is 0 Å². The van der Waals surface area contributed by atoms with Crippen LogP contribution in [-0.4, -0.2) is 20.6 Å². The molecule has 0 aliphatic rings. The topological polar surface area (TPSA) is 0 Å². The SMILES string of the molecule is CC(C)(C)P(c1ccc[cH-]1)C(C)(C)C.CC(C)(C)P(c1ccc[cH-]1)C(C)(C)C.[Cl][Pd-][Cl].[Fe+2]. The fourth-order valence-corrected chi connectivity index (χ4v) is 12.7. The van der Waals surface area contributed by atoms with Crippen LogP contribution in [0.4, 0.5) is 0 Å². The number of hydrogen-bond acceptors (Lipinski definition) is 0. The van der Waals surface area contributed by atoms with Crippen molar-refractivity contribution < 1.29 is 33.0 Å². The van der Waals surface area contributed by atoms with Crippen LogP contribution in [0.25, 0.3) is 0 Å². The number of rotatable bonds is 2. The molecule has 6 heteroatoms. The Labute approximate surface area is 229 Å². The average Bonchev–Trinajstić information content (AvgIpc) is 3.16. The van der Waals surface area contributed by atoms with E-state index >= 15 is 0 Å². The monoisotopic (exact) mass is 650 g/mol. The molecule has 0 saturated carbocycles. The standard InChI is InChI=1S/2C13H22P.2ClH.Fe.Pd/c2*1-12(2,3)14(13(4,5)6)11-9-7-8-10-11;;;;/h2*7-10H,1-6H3;2*1H;;/q2*-1;;;+2;+1/p-2. The normalized spacial score (nSPS) is 12.6. The van der Waals surface area contributed by atoms with Gasteiger partial charge in [-0.1, -0.05) is 98.9 Å². The number of hydrogen-bond donors (Lipinski definition) is 0. The summed E-state index contributed by atoms with van der Waals surface area (Å²) in [5.41, 5.74) is 0. The van der Waals surface area contributed by atoms with E-state index in [0.29, 0.717) is 20.6 Å². The third kappa shape index (κ3) is 12.9. The Morgan fingerprint density at radius 1 is 0.594 bits per heavy atom. The van der Waals surface area contributed by atoms with Crippen molar-refractivity contribution in [1.29, 1.82) is 0 Å². The van der Waals surface area contributed by atoms with E-state index in [1.807, 2.05) is 0 Å². The van der Waals surface area contributed by atoms with Gasteiger partial charge < -0.3 is 0 Å². The van der Waals surface area contributed by atoms with Crippen LogP contribution < -0.4 is 10.6 Å². The van der Waals surface area contributed by atoms with Crippen LogP contribution in [0.1, 0.15) is 83.1 Å². The van der Waals surface area contributed by atoms with E-state index in [9.17, 15) is 0 Å². The molecule has 0 bridgehead atoms. The Balaban J connectivity index is 0. The summed E-state index contributed by atoms with van der Waals surface area (Å²) in [7, 11) is 9.43. The number of halogens is 2. The third-order valence-corrected chi connectivity index (χ3v) is 11.5. The predicted molar refractivity (Wildman–Crippen MR) is 148 cm³/mol. The first kappa shape index (κ1) is 35.5. The molecule has 0 fully saturated rings. The first-order valence-electron chi connectivity index (χ1n) is 10.7. The van der Waals surface area contributed by atoms with Gasteiger partial charge in [0, 0.05) is 0 Å². The van der Waals surface area contributed by atoms with Crippen molar-refractivity contribution in [2.45, 2.75) is 104 Å². The van der Waals surface area contributed by atoms with Gasteiger partial charge in [0.25, 0.3) is 0 Å². The molecule has 0 nitrogen and oxygen atoms in total. The van der Waals surface area contributed by atoms with Gasteiger partial charge >= 0.3 is 52.1 Å². The summed E-state index contributed by atoms with van der Waals surface area (Å²) < 4.78 is 0. The van der Waals surface area contributed by atoms with Crippen LogP contribution in [0.5, 0.6) is 0 Å². The minimum atomic E-state index is -0.106. The maximum atomic E-state index is 4.81. The van der Waals surface area contributed by atoms with Crippen molar-refractivity contribution >= 4 is 45.5 Å². The van der Waals surface area contributed by atoms with Crippen LogP contribution >= 0.6 is 34.9 Å². The van der Waals surface area contributed by atoms with Crippen LogP contribution in [0.3, 0.4) is 0 Å². The zero-order valence-corrected chi connectivity index (χ0v) is 27.9. The van der Waals surface area contributed by atoms with Gasteiger partial charge in [0.05, 0.1) is 0 Å². The van der Waals surface area contributed by atoms with Gasteiger partial charge in [0.15, 0.2) is 0 Å². The van der Waals surface area contributed by atoms with Crippen molar-refractivity contribution in [1.82, 2.24) is 0 Å². The minimum Gasteiger partial charge on any atom is 2.00 e. The maximum Gasteiger partial charge on any atom is 2.00 e. The van der Waals surface area contributed by atoms with Crippen molar-refractivity contribution in [2.24, 2.45) is 0 Å². The van der Waals surface area contributed by atoms with Gasteiger partial charge in [0.1, 0.15) is 0 Å². The molecule has 0 spiro atoms. The first-order chi connectivity index (χ1) is 13.9. The van der Waals surface area contributed by atoms with Gasteiger partial charge in [-0.25, -0.2) is 24.3 Å². The Kier molecular flexibility index (Phi) is 16.4. The second kappa shape index (κ2) is 14.8. The summed E-state index contributed by atoms with van der Waals surface area (Å²) in [6.45, 7) is 28.3. The van der Waals surface area contributed by atoms with E-state index in [-0.39, 0.29) is 48.9 Å². The first-order valence-corrected chi connectivity index (χ1v) is 17.4. The van der Waals surface area contributed by atoms with Crippen LogP contribution in [0, 0.1) is 0 Å². The molecule has 0 aliphatic carbocycles. The average molecular weight is 652 g/mol. The molecule has 0 aromatic heterocycles. The molecule has 0 saturated heterocycles.